The highest BCUT2D eigenvalue weighted by Gasteiger charge is 2.26. The van der Waals surface area contributed by atoms with Crippen LogP contribution in [0.2, 0.25) is 10.0 Å². The Balaban J connectivity index is 1.69. The molecule has 0 aliphatic heterocycles. The van der Waals surface area contributed by atoms with Crippen molar-refractivity contribution in [1.82, 2.24) is 20.1 Å². The smallest absolute Gasteiger partial charge is 0.253 e. The number of benzene rings is 2. The van der Waals surface area contributed by atoms with E-state index in [1.807, 2.05) is 13.8 Å². The standard InChI is InChI=1S/C22H22Cl2FN5O2S/c1-12(2)19(27-21(32)14-9-8-13(23)10-15(14)24)20-28-29-22(30(20)3)33-11-18(31)26-17-7-5-4-6-16(17)25/h4-10,12,19H,11H2,1-3H3,(H,26,31)(H,27,32)/t19-/m0/s1. The lowest BCUT2D eigenvalue weighted by molar-refractivity contribution is -0.113. The van der Waals surface area contributed by atoms with E-state index in [1.165, 1.54) is 18.2 Å². The zero-order valence-corrected chi connectivity index (χ0v) is 20.4. The first-order chi connectivity index (χ1) is 15.7. The number of hydrogen-bond acceptors (Lipinski definition) is 5. The molecule has 3 aromatic rings. The number of nitrogens with zero attached hydrogens (tertiary/aromatic N) is 3. The summed E-state index contributed by atoms with van der Waals surface area (Å²) in [5.41, 5.74) is 0.415. The van der Waals surface area contributed by atoms with E-state index in [4.69, 9.17) is 23.2 Å². The van der Waals surface area contributed by atoms with Crippen LogP contribution in [-0.4, -0.2) is 32.3 Å². The number of anilines is 1. The number of halogens is 3. The van der Waals surface area contributed by atoms with Crippen LogP contribution in [0.1, 0.15) is 36.1 Å². The monoisotopic (exact) mass is 509 g/mol. The fourth-order valence-electron chi connectivity index (χ4n) is 3.02. The predicted octanol–water partition coefficient (Wildman–Crippen LogP) is 5.12. The van der Waals surface area contributed by atoms with Gasteiger partial charge < -0.3 is 15.2 Å². The Morgan fingerprint density at radius 1 is 1.15 bits per heavy atom. The summed E-state index contributed by atoms with van der Waals surface area (Å²) in [5.74, 6) is -0.712. The van der Waals surface area contributed by atoms with Crippen molar-refractivity contribution in [2.24, 2.45) is 13.0 Å². The third-order valence-electron chi connectivity index (χ3n) is 4.76. The van der Waals surface area contributed by atoms with Crippen molar-refractivity contribution in [1.29, 1.82) is 0 Å². The fourth-order valence-corrected chi connectivity index (χ4v) is 4.24. The minimum Gasteiger partial charge on any atom is -0.342 e. The second kappa shape index (κ2) is 11.0. The van der Waals surface area contributed by atoms with Gasteiger partial charge in [0.1, 0.15) is 5.82 Å². The molecule has 1 heterocycles. The molecule has 0 saturated carbocycles. The van der Waals surface area contributed by atoms with E-state index >= 15 is 0 Å². The minimum absolute atomic E-state index is 0.00914. The van der Waals surface area contributed by atoms with Crippen LogP contribution in [0.4, 0.5) is 10.1 Å². The van der Waals surface area contributed by atoms with Crippen LogP contribution in [0.3, 0.4) is 0 Å². The van der Waals surface area contributed by atoms with Crippen LogP contribution in [0.25, 0.3) is 0 Å². The molecule has 2 amide bonds. The fraction of sp³-hybridized carbons (Fsp3) is 0.273. The molecule has 2 aromatic carbocycles. The summed E-state index contributed by atoms with van der Waals surface area (Å²) in [6.07, 6.45) is 0. The van der Waals surface area contributed by atoms with Gasteiger partial charge in [0.2, 0.25) is 5.91 Å². The highest BCUT2D eigenvalue weighted by atomic mass is 35.5. The maximum absolute atomic E-state index is 13.7. The highest BCUT2D eigenvalue weighted by Crippen LogP contribution is 2.26. The van der Waals surface area contributed by atoms with Crippen molar-refractivity contribution >= 4 is 52.5 Å². The van der Waals surface area contributed by atoms with Gasteiger partial charge in [0.25, 0.3) is 5.91 Å². The van der Waals surface area contributed by atoms with Gasteiger partial charge in [0.05, 0.1) is 28.1 Å². The number of carbonyl (C=O) groups is 2. The van der Waals surface area contributed by atoms with Gasteiger partial charge in [-0.25, -0.2) is 4.39 Å². The van der Waals surface area contributed by atoms with Crippen LogP contribution in [0.5, 0.6) is 0 Å². The zero-order valence-electron chi connectivity index (χ0n) is 18.1. The SMILES string of the molecule is CC(C)[C@H](NC(=O)c1ccc(Cl)cc1Cl)c1nnc(SCC(=O)Nc2ccccc2F)n1C. The third kappa shape index (κ3) is 6.25. The first-order valence-electron chi connectivity index (χ1n) is 9.99. The van der Waals surface area contributed by atoms with Gasteiger partial charge in [-0.15, -0.1) is 10.2 Å². The Morgan fingerprint density at radius 2 is 1.88 bits per heavy atom. The van der Waals surface area contributed by atoms with E-state index < -0.39 is 11.9 Å². The van der Waals surface area contributed by atoms with Gasteiger partial charge in [-0.1, -0.05) is 60.9 Å². The van der Waals surface area contributed by atoms with Crippen LogP contribution >= 0.6 is 35.0 Å². The lowest BCUT2D eigenvalue weighted by Gasteiger charge is -2.22. The Bertz CT molecular complexity index is 1170. The van der Waals surface area contributed by atoms with Crippen LogP contribution in [0, 0.1) is 11.7 Å². The molecule has 0 unspecified atom stereocenters. The molecule has 0 radical (unpaired) electrons. The molecule has 11 heteroatoms. The van der Waals surface area contributed by atoms with Crippen molar-refractivity contribution in [2.75, 3.05) is 11.1 Å². The first kappa shape index (κ1) is 25.0. The van der Waals surface area contributed by atoms with Crippen LogP contribution in [-0.2, 0) is 11.8 Å². The van der Waals surface area contributed by atoms with Crippen molar-refractivity contribution in [3.8, 4) is 0 Å². The average molecular weight is 510 g/mol. The molecule has 0 spiro atoms. The normalized spacial score (nSPS) is 12.0. The second-order valence-corrected chi connectivity index (χ2v) is 9.32. The highest BCUT2D eigenvalue weighted by molar-refractivity contribution is 7.99. The predicted molar refractivity (Wildman–Crippen MR) is 128 cm³/mol. The molecule has 0 saturated heterocycles. The number of para-hydroxylation sites is 1. The van der Waals surface area contributed by atoms with Gasteiger partial charge >= 0.3 is 0 Å². The number of rotatable bonds is 8. The summed E-state index contributed by atoms with van der Waals surface area (Å²) in [5, 5.41) is 15.0. The number of aromatic nitrogens is 3. The van der Waals surface area contributed by atoms with Crippen molar-refractivity contribution in [3.63, 3.8) is 0 Å². The first-order valence-corrected chi connectivity index (χ1v) is 11.7. The van der Waals surface area contributed by atoms with Crippen molar-refractivity contribution < 1.29 is 14.0 Å². The van der Waals surface area contributed by atoms with Gasteiger partial charge in [-0.3, -0.25) is 9.59 Å². The quantitative estimate of drug-likeness (QED) is 0.411. The molecule has 1 aromatic heterocycles. The van der Waals surface area contributed by atoms with E-state index in [0.29, 0.717) is 21.6 Å². The van der Waals surface area contributed by atoms with Crippen molar-refractivity contribution in [2.45, 2.75) is 25.0 Å². The zero-order chi connectivity index (χ0) is 24.1. The lowest BCUT2D eigenvalue weighted by atomic mass is 10.0. The summed E-state index contributed by atoms with van der Waals surface area (Å²) >= 11 is 13.2. The summed E-state index contributed by atoms with van der Waals surface area (Å²) in [6.45, 7) is 3.88. The molecule has 0 fully saturated rings. The number of amides is 2. The van der Waals surface area contributed by atoms with Crippen LogP contribution in [0.15, 0.2) is 47.6 Å². The summed E-state index contributed by atoms with van der Waals surface area (Å²) in [7, 11) is 1.75. The number of thioether (sulfide) groups is 1. The molecule has 3 rings (SSSR count). The molecule has 0 bridgehead atoms. The Labute approximate surface area is 205 Å². The summed E-state index contributed by atoms with van der Waals surface area (Å²) in [4.78, 5) is 25.0. The number of carbonyl (C=O) groups excluding carboxylic acids is 2. The third-order valence-corrected chi connectivity index (χ3v) is 6.32. The minimum atomic E-state index is -0.506. The molecule has 0 aliphatic carbocycles. The Morgan fingerprint density at radius 3 is 2.55 bits per heavy atom. The van der Waals surface area contributed by atoms with E-state index in [2.05, 4.69) is 20.8 Å². The molecule has 2 N–H and O–H groups in total. The molecular weight excluding hydrogens is 488 g/mol. The van der Waals surface area contributed by atoms with E-state index in [-0.39, 0.29) is 34.2 Å². The Hall–Kier alpha value is -2.62. The molecule has 7 nitrogen and oxygen atoms in total. The van der Waals surface area contributed by atoms with Gasteiger partial charge in [0, 0.05) is 12.1 Å². The maximum Gasteiger partial charge on any atom is 0.253 e. The summed E-state index contributed by atoms with van der Waals surface area (Å²) in [6, 6.07) is 10.1. The van der Waals surface area contributed by atoms with E-state index in [9.17, 15) is 14.0 Å². The van der Waals surface area contributed by atoms with Crippen molar-refractivity contribution in [3.05, 3.63) is 69.7 Å². The molecule has 1 atom stereocenters. The lowest BCUT2D eigenvalue weighted by Crippen LogP contribution is -2.33. The van der Waals surface area contributed by atoms with Gasteiger partial charge in [-0.05, 0) is 36.2 Å². The second-order valence-electron chi connectivity index (χ2n) is 7.54. The number of hydrogen-bond donors (Lipinski definition) is 2. The van der Waals surface area contributed by atoms with Gasteiger partial charge in [0.15, 0.2) is 11.0 Å². The maximum atomic E-state index is 13.7. The molecule has 33 heavy (non-hydrogen) atoms. The molecule has 0 aliphatic rings. The Kier molecular flexibility index (Phi) is 8.34. The number of nitrogens with one attached hydrogen (secondary N) is 2. The molecular formula is C22H22Cl2FN5O2S. The topological polar surface area (TPSA) is 88.9 Å². The van der Waals surface area contributed by atoms with Crippen LogP contribution < -0.4 is 10.6 Å². The van der Waals surface area contributed by atoms with E-state index in [1.54, 1.807) is 35.9 Å². The average Bonchev–Trinajstić information content (AvgIpc) is 3.11. The van der Waals surface area contributed by atoms with Gasteiger partial charge in [-0.2, -0.15) is 0 Å². The molecule has 174 valence electrons. The summed E-state index contributed by atoms with van der Waals surface area (Å²) < 4.78 is 15.4. The largest absolute Gasteiger partial charge is 0.342 e. The van der Waals surface area contributed by atoms with E-state index in [0.717, 1.165) is 11.8 Å².